The number of pyridine rings is 2. The summed E-state index contributed by atoms with van der Waals surface area (Å²) >= 11 is 0. The molecule has 0 atom stereocenters. The number of nitrogen functional groups attached to an aromatic ring is 1. The summed E-state index contributed by atoms with van der Waals surface area (Å²) in [6, 6.07) is 12.6. The zero-order valence-electron chi connectivity index (χ0n) is 15.0. The maximum absolute atomic E-state index is 13.8. The zero-order valence-corrected chi connectivity index (χ0v) is 15.0. The van der Waals surface area contributed by atoms with Crippen LogP contribution in [0, 0.1) is 5.82 Å². The average molecular weight is 377 g/mol. The fraction of sp³-hybridized carbons (Fsp3) is 0.0952. The first-order valence-corrected chi connectivity index (χ1v) is 8.68. The smallest absolute Gasteiger partial charge is 0.342 e. The topological polar surface area (TPSA) is 87.2 Å². The first-order chi connectivity index (χ1) is 13.5. The number of ether oxygens (including phenoxy) is 1. The van der Waals surface area contributed by atoms with E-state index in [4.69, 9.17) is 10.5 Å². The minimum absolute atomic E-state index is 0.0520. The third-order valence-corrected chi connectivity index (χ3v) is 4.51. The Balaban J connectivity index is 2.17. The van der Waals surface area contributed by atoms with Crippen LogP contribution >= 0.6 is 0 Å². The average Bonchev–Trinajstić information content (AvgIpc) is 2.68. The molecule has 4 rings (SSSR count). The zero-order chi connectivity index (χ0) is 19.8. The van der Waals surface area contributed by atoms with E-state index in [1.165, 1.54) is 16.7 Å². The number of carbonyl (C=O) groups is 1. The Hall–Kier alpha value is -3.74. The van der Waals surface area contributed by atoms with E-state index in [0.29, 0.717) is 11.2 Å². The van der Waals surface area contributed by atoms with E-state index in [9.17, 15) is 14.0 Å². The van der Waals surface area contributed by atoms with Crippen molar-refractivity contribution in [3.8, 4) is 5.69 Å². The second kappa shape index (κ2) is 6.77. The highest BCUT2D eigenvalue weighted by Crippen LogP contribution is 2.28. The van der Waals surface area contributed by atoms with Gasteiger partial charge >= 0.3 is 5.97 Å². The predicted octanol–water partition coefficient (Wildman–Crippen LogP) is 3.44. The third-order valence-electron chi connectivity index (χ3n) is 4.51. The molecule has 0 unspecified atom stereocenters. The Morgan fingerprint density at radius 1 is 1.18 bits per heavy atom. The Morgan fingerprint density at radius 3 is 2.75 bits per heavy atom. The highest BCUT2D eigenvalue weighted by atomic mass is 19.1. The number of nitrogens with two attached hydrogens (primary N) is 1. The molecule has 0 saturated heterocycles. The standard InChI is InChI=1S/C21H16FN3O3/c1-2-28-21(27)17-15-11-13(22)8-9-14(15)20(26)25(19(17)23)16-7-3-5-12-6-4-10-24-18(12)16/h3-11H,2,23H2,1H3. The van der Waals surface area contributed by atoms with E-state index in [1.807, 2.05) is 12.1 Å². The SMILES string of the molecule is CCOC(=O)c1c(N)n(-c2cccc3cccnc23)c(=O)c2ccc(F)cc12. The molecule has 0 fully saturated rings. The molecular formula is C21H16FN3O3. The molecule has 28 heavy (non-hydrogen) atoms. The highest BCUT2D eigenvalue weighted by molar-refractivity contribution is 6.08. The monoisotopic (exact) mass is 377 g/mol. The second-order valence-corrected chi connectivity index (χ2v) is 6.16. The Labute approximate surface area is 159 Å². The summed E-state index contributed by atoms with van der Waals surface area (Å²) in [5, 5.41) is 1.08. The minimum Gasteiger partial charge on any atom is -0.462 e. The summed E-state index contributed by atoms with van der Waals surface area (Å²) in [4.78, 5) is 30.2. The van der Waals surface area contributed by atoms with E-state index in [1.54, 1.807) is 31.3 Å². The van der Waals surface area contributed by atoms with Crippen LogP contribution in [-0.4, -0.2) is 22.1 Å². The molecule has 6 nitrogen and oxygen atoms in total. The molecule has 0 amide bonds. The first kappa shape index (κ1) is 17.7. The van der Waals surface area contributed by atoms with Crippen LogP contribution in [0.25, 0.3) is 27.4 Å². The Morgan fingerprint density at radius 2 is 1.96 bits per heavy atom. The molecule has 2 N–H and O–H groups in total. The van der Waals surface area contributed by atoms with Gasteiger partial charge in [-0.3, -0.25) is 14.3 Å². The van der Waals surface area contributed by atoms with E-state index in [2.05, 4.69) is 4.98 Å². The predicted molar refractivity (Wildman–Crippen MR) is 105 cm³/mol. The van der Waals surface area contributed by atoms with E-state index < -0.39 is 17.3 Å². The van der Waals surface area contributed by atoms with Gasteiger partial charge < -0.3 is 10.5 Å². The van der Waals surface area contributed by atoms with Crippen LogP contribution in [-0.2, 0) is 4.74 Å². The van der Waals surface area contributed by atoms with Crippen molar-refractivity contribution in [3.05, 3.63) is 76.5 Å². The summed E-state index contributed by atoms with van der Waals surface area (Å²) in [6.45, 7) is 1.77. The van der Waals surface area contributed by atoms with Gasteiger partial charge in [-0.1, -0.05) is 18.2 Å². The quantitative estimate of drug-likeness (QED) is 0.553. The number of halogens is 1. The van der Waals surface area contributed by atoms with Crippen LogP contribution in [0.1, 0.15) is 17.3 Å². The van der Waals surface area contributed by atoms with Crippen molar-refractivity contribution in [2.75, 3.05) is 12.3 Å². The lowest BCUT2D eigenvalue weighted by Crippen LogP contribution is -2.26. The Kier molecular flexibility index (Phi) is 4.27. The molecule has 0 spiro atoms. The van der Waals surface area contributed by atoms with Gasteiger partial charge in [0.05, 0.1) is 17.8 Å². The lowest BCUT2D eigenvalue weighted by molar-refractivity contribution is 0.0529. The number of nitrogens with zero attached hydrogens (tertiary/aromatic N) is 2. The lowest BCUT2D eigenvalue weighted by atomic mass is 10.0. The summed E-state index contributed by atoms with van der Waals surface area (Å²) in [5.41, 5.74) is 6.72. The van der Waals surface area contributed by atoms with Crippen molar-refractivity contribution >= 4 is 33.5 Å². The maximum atomic E-state index is 13.8. The summed E-state index contributed by atoms with van der Waals surface area (Å²) in [6.07, 6.45) is 1.61. The number of anilines is 1. The molecular weight excluding hydrogens is 361 g/mol. The number of aromatic nitrogens is 2. The maximum Gasteiger partial charge on any atom is 0.342 e. The van der Waals surface area contributed by atoms with Crippen LogP contribution in [0.15, 0.2) is 59.5 Å². The van der Waals surface area contributed by atoms with Gasteiger partial charge in [-0.2, -0.15) is 0 Å². The number of hydrogen-bond acceptors (Lipinski definition) is 5. The second-order valence-electron chi connectivity index (χ2n) is 6.16. The van der Waals surface area contributed by atoms with Crippen molar-refractivity contribution in [2.45, 2.75) is 6.92 Å². The molecule has 0 aliphatic carbocycles. The molecule has 0 radical (unpaired) electrons. The molecule has 4 aromatic rings. The minimum atomic E-state index is -0.724. The number of rotatable bonds is 3. The van der Waals surface area contributed by atoms with Crippen molar-refractivity contribution < 1.29 is 13.9 Å². The molecule has 7 heteroatoms. The number of hydrogen-bond donors (Lipinski definition) is 1. The van der Waals surface area contributed by atoms with Crippen LogP contribution in [0.5, 0.6) is 0 Å². The summed E-state index contributed by atoms with van der Waals surface area (Å²) in [5.74, 6) is -1.43. The van der Waals surface area contributed by atoms with E-state index in [-0.39, 0.29) is 28.8 Å². The highest BCUT2D eigenvalue weighted by Gasteiger charge is 2.23. The number of benzene rings is 2. The van der Waals surface area contributed by atoms with Gasteiger partial charge in [-0.25, -0.2) is 9.18 Å². The van der Waals surface area contributed by atoms with Gasteiger partial charge in [0.1, 0.15) is 17.2 Å². The largest absolute Gasteiger partial charge is 0.462 e. The van der Waals surface area contributed by atoms with Gasteiger partial charge in [-0.15, -0.1) is 0 Å². The molecule has 140 valence electrons. The van der Waals surface area contributed by atoms with Crippen molar-refractivity contribution in [2.24, 2.45) is 0 Å². The number of esters is 1. The summed E-state index contributed by atoms with van der Waals surface area (Å²) < 4.78 is 20.2. The first-order valence-electron chi connectivity index (χ1n) is 8.68. The number of para-hydroxylation sites is 1. The Bertz CT molecular complexity index is 1290. The van der Waals surface area contributed by atoms with Gasteiger partial charge in [-0.05, 0) is 37.3 Å². The number of carbonyl (C=O) groups excluding carboxylic acids is 1. The van der Waals surface area contributed by atoms with Crippen LogP contribution in [0.3, 0.4) is 0 Å². The molecule has 0 aliphatic rings. The van der Waals surface area contributed by atoms with Crippen molar-refractivity contribution in [3.63, 3.8) is 0 Å². The van der Waals surface area contributed by atoms with Crippen molar-refractivity contribution in [1.82, 2.24) is 9.55 Å². The molecule has 0 bridgehead atoms. The summed E-state index contributed by atoms with van der Waals surface area (Å²) in [7, 11) is 0. The van der Waals surface area contributed by atoms with Crippen molar-refractivity contribution in [1.29, 1.82) is 0 Å². The number of fused-ring (bicyclic) bond motifs is 2. The van der Waals surface area contributed by atoms with E-state index in [0.717, 1.165) is 11.5 Å². The van der Waals surface area contributed by atoms with Crippen LogP contribution in [0.2, 0.25) is 0 Å². The molecule has 2 heterocycles. The van der Waals surface area contributed by atoms with Crippen LogP contribution < -0.4 is 11.3 Å². The fourth-order valence-corrected chi connectivity index (χ4v) is 3.31. The van der Waals surface area contributed by atoms with E-state index >= 15 is 0 Å². The molecule has 0 saturated carbocycles. The van der Waals surface area contributed by atoms with Gasteiger partial charge in [0, 0.05) is 22.4 Å². The fourth-order valence-electron chi connectivity index (χ4n) is 3.31. The molecule has 2 aromatic carbocycles. The lowest BCUT2D eigenvalue weighted by Gasteiger charge is -2.17. The normalized spacial score (nSPS) is 11.1. The molecule has 0 aliphatic heterocycles. The van der Waals surface area contributed by atoms with Gasteiger partial charge in [0.2, 0.25) is 0 Å². The third kappa shape index (κ3) is 2.68. The van der Waals surface area contributed by atoms with Gasteiger partial charge in [0.15, 0.2) is 0 Å². The van der Waals surface area contributed by atoms with Gasteiger partial charge in [0.25, 0.3) is 5.56 Å². The molecule has 2 aromatic heterocycles. The van der Waals surface area contributed by atoms with Crippen LogP contribution in [0.4, 0.5) is 10.2 Å².